The molecule has 8 heteroatoms. The van der Waals surface area contributed by atoms with E-state index in [4.69, 9.17) is 5.11 Å². The quantitative estimate of drug-likeness (QED) is 0.732. The second-order valence-corrected chi connectivity index (χ2v) is 3.82. The summed E-state index contributed by atoms with van der Waals surface area (Å²) in [6.07, 6.45) is -1.62. The number of hydrogen-bond acceptors (Lipinski definition) is 3. The lowest BCUT2D eigenvalue weighted by atomic mass is 9.92. The van der Waals surface area contributed by atoms with Crippen LogP contribution in [0.25, 0.3) is 0 Å². The molecule has 1 atom stereocenters. The van der Waals surface area contributed by atoms with Crippen molar-refractivity contribution in [2.24, 2.45) is 5.92 Å². The molecule has 0 spiro atoms. The van der Waals surface area contributed by atoms with Crippen LogP contribution in [0.3, 0.4) is 0 Å². The zero-order valence-electron chi connectivity index (χ0n) is 9.52. The predicted molar refractivity (Wildman–Crippen MR) is 52.4 cm³/mol. The van der Waals surface area contributed by atoms with E-state index in [1.807, 2.05) is 0 Å². The molecule has 1 saturated heterocycles. The largest absolute Gasteiger partial charge is 0.465 e. The number of carboxylic acid groups (broad SMARTS) is 1. The summed E-state index contributed by atoms with van der Waals surface area (Å²) in [6.45, 7) is -1.05. The van der Waals surface area contributed by atoms with Crippen molar-refractivity contribution in [3.8, 4) is 0 Å². The van der Waals surface area contributed by atoms with Gasteiger partial charge in [-0.25, -0.2) is 18.6 Å². The average molecular weight is 252 g/mol. The number of hydrogen-bond donors (Lipinski definition) is 1. The summed E-state index contributed by atoms with van der Waals surface area (Å²) in [5.41, 5.74) is 0. The molecule has 1 fully saturated rings. The molecule has 0 radical (unpaired) electrons. The first-order valence-electron chi connectivity index (χ1n) is 4.97. The van der Waals surface area contributed by atoms with Gasteiger partial charge in [0, 0.05) is 13.6 Å². The van der Waals surface area contributed by atoms with Gasteiger partial charge in [-0.05, 0) is 6.42 Å². The van der Waals surface area contributed by atoms with E-state index in [9.17, 15) is 18.4 Å². The molecule has 0 saturated carbocycles. The molecule has 0 aromatic heterocycles. The summed E-state index contributed by atoms with van der Waals surface area (Å²) >= 11 is 0. The first kappa shape index (κ1) is 13.6. The van der Waals surface area contributed by atoms with Crippen LogP contribution in [0.15, 0.2) is 0 Å². The SMILES string of the molecule is CON(C)C(=O)C1CCN(C(=O)O)CC1(F)F. The van der Waals surface area contributed by atoms with Crippen LogP contribution in [-0.4, -0.2) is 60.2 Å². The van der Waals surface area contributed by atoms with Crippen LogP contribution in [0.5, 0.6) is 0 Å². The number of halogens is 2. The number of amides is 2. The molecule has 17 heavy (non-hydrogen) atoms. The van der Waals surface area contributed by atoms with Gasteiger partial charge in [-0.2, -0.15) is 0 Å². The number of piperidine rings is 1. The van der Waals surface area contributed by atoms with Gasteiger partial charge in [0.05, 0.1) is 13.7 Å². The lowest BCUT2D eigenvalue weighted by molar-refractivity contribution is -0.191. The molecule has 0 aliphatic carbocycles. The Bertz CT molecular complexity index is 324. The normalized spacial score (nSPS) is 23.3. The highest BCUT2D eigenvalue weighted by Crippen LogP contribution is 2.34. The Balaban J connectivity index is 2.77. The van der Waals surface area contributed by atoms with Crippen LogP contribution in [0.2, 0.25) is 0 Å². The lowest BCUT2D eigenvalue weighted by Gasteiger charge is -2.37. The van der Waals surface area contributed by atoms with Crippen LogP contribution >= 0.6 is 0 Å². The maximum absolute atomic E-state index is 13.6. The summed E-state index contributed by atoms with van der Waals surface area (Å²) in [7, 11) is 2.43. The highest BCUT2D eigenvalue weighted by atomic mass is 19.3. The van der Waals surface area contributed by atoms with E-state index < -0.39 is 30.4 Å². The van der Waals surface area contributed by atoms with E-state index in [1.165, 1.54) is 14.2 Å². The molecular formula is C9H14F2N2O4. The number of carbonyl (C=O) groups is 2. The van der Waals surface area contributed by atoms with Crippen LogP contribution in [0.1, 0.15) is 6.42 Å². The van der Waals surface area contributed by atoms with Crippen molar-refractivity contribution in [3.05, 3.63) is 0 Å². The van der Waals surface area contributed by atoms with Crippen LogP contribution in [-0.2, 0) is 9.63 Å². The molecule has 0 aromatic rings. The van der Waals surface area contributed by atoms with Crippen LogP contribution in [0, 0.1) is 5.92 Å². The molecule has 98 valence electrons. The molecule has 1 rings (SSSR count). The lowest BCUT2D eigenvalue weighted by Crippen LogP contribution is -2.54. The number of nitrogens with zero attached hydrogens (tertiary/aromatic N) is 2. The van der Waals surface area contributed by atoms with E-state index in [-0.39, 0.29) is 13.0 Å². The Morgan fingerprint density at radius 3 is 2.53 bits per heavy atom. The maximum atomic E-state index is 13.6. The molecule has 1 N–H and O–H groups in total. The van der Waals surface area contributed by atoms with Crippen molar-refractivity contribution in [2.45, 2.75) is 12.3 Å². The minimum Gasteiger partial charge on any atom is -0.465 e. The second-order valence-electron chi connectivity index (χ2n) is 3.82. The van der Waals surface area contributed by atoms with Gasteiger partial charge < -0.3 is 10.0 Å². The fraction of sp³-hybridized carbons (Fsp3) is 0.778. The zero-order chi connectivity index (χ0) is 13.2. The summed E-state index contributed by atoms with van der Waals surface area (Å²) in [5.74, 6) is -5.76. The third-order valence-electron chi connectivity index (χ3n) is 2.75. The van der Waals surface area contributed by atoms with Gasteiger partial charge in [-0.15, -0.1) is 0 Å². The maximum Gasteiger partial charge on any atom is 0.407 e. The highest BCUT2D eigenvalue weighted by Gasteiger charge is 2.50. The van der Waals surface area contributed by atoms with Crippen LogP contribution < -0.4 is 0 Å². The van der Waals surface area contributed by atoms with Crippen LogP contribution in [0.4, 0.5) is 13.6 Å². The van der Waals surface area contributed by atoms with Crippen molar-refractivity contribution in [2.75, 3.05) is 27.2 Å². The molecule has 2 amide bonds. The van der Waals surface area contributed by atoms with Crippen molar-refractivity contribution in [1.29, 1.82) is 0 Å². The molecule has 0 bridgehead atoms. The Labute approximate surface area is 96.7 Å². The fourth-order valence-electron chi connectivity index (χ4n) is 1.72. The van der Waals surface area contributed by atoms with Crippen molar-refractivity contribution in [1.82, 2.24) is 9.96 Å². The number of rotatable bonds is 2. The Morgan fingerprint density at radius 2 is 2.12 bits per heavy atom. The molecule has 6 nitrogen and oxygen atoms in total. The molecule has 1 aliphatic heterocycles. The number of hydroxylamine groups is 2. The Hall–Kier alpha value is -1.44. The summed E-state index contributed by atoms with van der Waals surface area (Å²) in [4.78, 5) is 27.3. The van der Waals surface area contributed by atoms with Gasteiger partial charge in [0.1, 0.15) is 5.92 Å². The van der Waals surface area contributed by atoms with Gasteiger partial charge in [0.2, 0.25) is 0 Å². The van der Waals surface area contributed by atoms with Gasteiger partial charge in [-0.3, -0.25) is 9.63 Å². The van der Waals surface area contributed by atoms with Crippen molar-refractivity contribution < 1.29 is 28.3 Å². The van der Waals surface area contributed by atoms with Gasteiger partial charge in [0.15, 0.2) is 0 Å². The molecular weight excluding hydrogens is 238 g/mol. The van der Waals surface area contributed by atoms with Crippen molar-refractivity contribution in [3.63, 3.8) is 0 Å². The topological polar surface area (TPSA) is 70.1 Å². The number of alkyl halides is 2. The monoisotopic (exact) mass is 252 g/mol. The zero-order valence-corrected chi connectivity index (χ0v) is 9.52. The third-order valence-corrected chi connectivity index (χ3v) is 2.75. The van der Waals surface area contributed by atoms with Gasteiger partial charge >= 0.3 is 6.09 Å². The van der Waals surface area contributed by atoms with E-state index in [0.29, 0.717) is 4.90 Å². The fourth-order valence-corrected chi connectivity index (χ4v) is 1.72. The molecule has 1 unspecified atom stereocenters. The minimum atomic E-state index is -3.37. The summed E-state index contributed by atoms with van der Waals surface area (Å²) in [6, 6.07) is 0. The minimum absolute atomic E-state index is 0.0844. The van der Waals surface area contributed by atoms with E-state index >= 15 is 0 Å². The predicted octanol–water partition coefficient (Wildman–Crippen LogP) is 0.641. The number of carbonyl (C=O) groups excluding carboxylic acids is 1. The highest BCUT2D eigenvalue weighted by molar-refractivity contribution is 5.79. The number of likely N-dealkylation sites (tertiary alicyclic amines) is 1. The van der Waals surface area contributed by atoms with E-state index in [2.05, 4.69) is 4.84 Å². The summed E-state index contributed by atoms with van der Waals surface area (Å²) < 4.78 is 27.2. The molecule has 0 aromatic carbocycles. The third kappa shape index (κ3) is 2.82. The summed E-state index contributed by atoms with van der Waals surface area (Å²) in [5, 5.41) is 9.35. The first-order valence-corrected chi connectivity index (χ1v) is 4.97. The average Bonchev–Trinajstić information content (AvgIpc) is 2.25. The Morgan fingerprint density at radius 1 is 1.53 bits per heavy atom. The Kier molecular flexibility index (Phi) is 3.87. The molecule has 1 heterocycles. The van der Waals surface area contributed by atoms with Gasteiger partial charge in [0.25, 0.3) is 11.8 Å². The van der Waals surface area contributed by atoms with E-state index in [1.54, 1.807) is 0 Å². The first-order chi connectivity index (χ1) is 7.79. The molecule has 1 aliphatic rings. The smallest absolute Gasteiger partial charge is 0.407 e. The van der Waals surface area contributed by atoms with E-state index in [0.717, 1.165) is 5.06 Å². The second kappa shape index (κ2) is 4.82. The van der Waals surface area contributed by atoms with Gasteiger partial charge in [-0.1, -0.05) is 0 Å². The standard InChI is InChI=1S/C9H14F2N2O4/c1-12(17-2)7(14)6-3-4-13(8(15)16)5-9(6,10)11/h6H,3-5H2,1-2H3,(H,15,16). The van der Waals surface area contributed by atoms with Crippen molar-refractivity contribution >= 4 is 12.0 Å².